The number of methoxy groups -OCH3 is 1. The smallest absolute Gasteiger partial charge is 0.347 e. The van der Waals surface area contributed by atoms with E-state index in [0.717, 1.165) is 37.0 Å². The highest BCUT2D eigenvalue weighted by atomic mass is 32.2. The molecule has 0 aliphatic heterocycles. The number of carboxylic acids is 1. The second kappa shape index (κ2) is 7.08. The van der Waals surface area contributed by atoms with E-state index in [0.29, 0.717) is 11.5 Å². The lowest BCUT2D eigenvalue weighted by Crippen LogP contribution is -2.37. The monoisotopic (exact) mass is 347 g/mol. The first-order valence-electron chi connectivity index (χ1n) is 7.20. The fourth-order valence-electron chi connectivity index (χ4n) is 2.95. The number of ether oxygens (including phenoxy) is 1. The van der Waals surface area contributed by atoms with Gasteiger partial charge in [-0.1, -0.05) is 12.8 Å². The molecule has 0 aromatic carbocycles. The molecule has 2 rings (SSSR count). The Morgan fingerprint density at radius 1 is 1.50 bits per heavy atom. The molecule has 1 fully saturated rings. The van der Waals surface area contributed by atoms with Crippen LogP contribution in [0.1, 0.15) is 40.9 Å². The Morgan fingerprint density at radius 3 is 2.68 bits per heavy atom. The molecule has 0 amide bonds. The quantitative estimate of drug-likeness (QED) is 0.789. The summed E-state index contributed by atoms with van der Waals surface area (Å²) in [6, 6.07) is 0. The van der Waals surface area contributed by atoms with Crippen molar-refractivity contribution in [2.75, 3.05) is 13.7 Å². The van der Waals surface area contributed by atoms with Crippen LogP contribution in [0.5, 0.6) is 0 Å². The van der Waals surface area contributed by atoms with Crippen molar-refractivity contribution >= 4 is 27.3 Å². The molecule has 8 heteroatoms. The van der Waals surface area contributed by atoms with E-state index < -0.39 is 16.0 Å². The molecule has 6 nitrogen and oxygen atoms in total. The predicted octanol–water partition coefficient (Wildman–Crippen LogP) is 2.24. The number of sulfonamides is 1. The molecular formula is C14H21NO5S2. The van der Waals surface area contributed by atoms with Gasteiger partial charge in [-0.2, -0.15) is 0 Å². The third-order valence-electron chi connectivity index (χ3n) is 4.08. The van der Waals surface area contributed by atoms with Gasteiger partial charge in [0.1, 0.15) is 9.77 Å². The number of carbonyl (C=O) groups is 1. The van der Waals surface area contributed by atoms with Crippen molar-refractivity contribution in [1.29, 1.82) is 0 Å². The zero-order valence-electron chi connectivity index (χ0n) is 12.7. The van der Waals surface area contributed by atoms with Crippen LogP contribution in [0.4, 0.5) is 0 Å². The highest BCUT2D eigenvalue weighted by Crippen LogP contribution is 2.30. The minimum Gasteiger partial charge on any atom is -0.477 e. The van der Waals surface area contributed by atoms with E-state index in [-0.39, 0.29) is 22.4 Å². The van der Waals surface area contributed by atoms with Crippen molar-refractivity contribution in [2.24, 2.45) is 5.92 Å². The third-order valence-corrected chi connectivity index (χ3v) is 6.91. The summed E-state index contributed by atoms with van der Waals surface area (Å²) in [5.41, 5.74) is 0.449. The summed E-state index contributed by atoms with van der Waals surface area (Å²) >= 11 is 0.927. The van der Waals surface area contributed by atoms with Gasteiger partial charge in [0.25, 0.3) is 0 Å². The maximum absolute atomic E-state index is 12.5. The minimum absolute atomic E-state index is 0.133. The van der Waals surface area contributed by atoms with Gasteiger partial charge < -0.3 is 9.84 Å². The number of hydrogen-bond acceptors (Lipinski definition) is 5. The topological polar surface area (TPSA) is 92.7 Å². The molecule has 1 aliphatic carbocycles. The Bertz CT molecular complexity index is 632. The standard InChI is InChI=1S/C14H21NO5S2/c1-9-8-21-12(14(16)17)13(9)22(18,19)15-7-11(20-2)10-5-3-4-6-10/h8,10-11,15H,3-7H2,1-2H3,(H,16,17)/t11-/m0/s1. The van der Waals surface area contributed by atoms with Gasteiger partial charge in [0.2, 0.25) is 10.0 Å². The maximum atomic E-state index is 12.5. The van der Waals surface area contributed by atoms with Crippen LogP contribution in [-0.2, 0) is 14.8 Å². The van der Waals surface area contributed by atoms with Gasteiger partial charge >= 0.3 is 5.97 Å². The molecular weight excluding hydrogens is 326 g/mol. The van der Waals surface area contributed by atoms with E-state index in [1.807, 2.05) is 0 Å². The van der Waals surface area contributed by atoms with Crippen LogP contribution in [0.2, 0.25) is 0 Å². The molecule has 0 unspecified atom stereocenters. The first-order chi connectivity index (χ1) is 10.4. The van der Waals surface area contributed by atoms with Gasteiger partial charge in [0.15, 0.2) is 0 Å². The van der Waals surface area contributed by atoms with Gasteiger partial charge in [-0.3, -0.25) is 0 Å². The lowest BCUT2D eigenvalue weighted by molar-refractivity contribution is 0.0584. The zero-order valence-corrected chi connectivity index (χ0v) is 14.3. The summed E-state index contributed by atoms with van der Waals surface area (Å²) in [4.78, 5) is 10.9. The number of hydrogen-bond donors (Lipinski definition) is 2. The third kappa shape index (κ3) is 3.68. The number of carboxylic acid groups (broad SMARTS) is 1. The first-order valence-corrected chi connectivity index (χ1v) is 9.57. The predicted molar refractivity (Wildman–Crippen MR) is 84.0 cm³/mol. The van der Waals surface area contributed by atoms with Crippen molar-refractivity contribution in [3.63, 3.8) is 0 Å². The number of rotatable bonds is 7. The molecule has 1 heterocycles. The lowest BCUT2D eigenvalue weighted by Gasteiger charge is -2.22. The second-order valence-electron chi connectivity index (χ2n) is 5.55. The zero-order chi connectivity index (χ0) is 16.3. The van der Waals surface area contributed by atoms with Crippen LogP contribution < -0.4 is 4.72 Å². The number of nitrogens with one attached hydrogen (secondary N) is 1. The summed E-state index contributed by atoms with van der Waals surface area (Å²) in [7, 11) is -2.28. The Morgan fingerprint density at radius 2 is 2.14 bits per heavy atom. The Labute approximate surface area is 134 Å². The number of aromatic carboxylic acids is 1. The molecule has 0 spiro atoms. The molecule has 0 bridgehead atoms. The van der Waals surface area contributed by atoms with Crippen molar-refractivity contribution in [2.45, 2.75) is 43.6 Å². The van der Waals surface area contributed by atoms with E-state index in [9.17, 15) is 13.2 Å². The van der Waals surface area contributed by atoms with Crippen molar-refractivity contribution in [3.05, 3.63) is 15.8 Å². The summed E-state index contributed by atoms with van der Waals surface area (Å²) < 4.78 is 32.8. The molecule has 1 saturated carbocycles. The van der Waals surface area contributed by atoms with Gasteiger partial charge in [-0.25, -0.2) is 17.9 Å². The second-order valence-corrected chi connectivity index (χ2v) is 8.14. The molecule has 1 atom stereocenters. The van der Waals surface area contributed by atoms with Crippen molar-refractivity contribution < 1.29 is 23.1 Å². The SMILES string of the molecule is CO[C@@H](CNS(=O)(=O)c1c(C)csc1C(=O)O)C1CCCC1. The molecule has 22 heavy (non-hydrogen) atoms. The number of aryl methyl sites for hydroxylation is 1. The van der Waals surface area contributed by atoms with Gasteiger partial charge in [-0.05, 0) is 36.6 Å². The van der Waals surface area contributed by atoms with E-state index in [2.05, 4.69) is 4.72 Å². The van der Waals surface area contributed by atoms with E-state index >= 15 is 0 Å². The average Bonchev–Trinajstić information content (AvgIpc) is 3.09. The minimum atomic E-state index is -3.86. The van der Waals surface area contributed by atoms with Crippen LogP contribution in [0.15, 0.2) is 10.3 Å². The summed E-state index contributed by atoms with van der Waals surface area (Å²) in [5.74, 6) is -0.868. The van der Waals surface area contributed by atoms with E-state index in [1.54, 1.807) is 19.4 Å². The van der Waals surface area contributed by atoms with Crippen LogP contribution in [0.3, 0.4) is 0 Å². The van der Waals surface area contributed by atoms with E-state index in [4.69, 9.17) is 9.84 Å². The summed E-state index contributed by atoms with van der Waals surface area (Å²) in [6.45, 7) is 1.76. The molecule has 0 radical (unpaired) electrons. The highest BCUT2D eigenvalue weighted by molar-refractivity contribution is 7.89. The van der Waals surface area contributed by atoms with Crippen LogP contribution in [-0.4, -0.2) is 39.3 Å². The fourth-order valence-corrected chi connectivity index (χ4v) is 5.62. The fraction of sp³-hybridized carbons (Fsp3) is 0.643. The Kier molecular flexibility index (Phi) is 5.60. The van der Waals surface area contributed by atoms with Gasteiger partial charge in [0.05, 0.1) is 6.10 Å². The Hall–Kier alpha value is -0.960. The molecule has 2 N–H and O–H groups in total. The Balaban J connectivity index is 2.14. The van der Waals surface area contributed by atoms with Crippen molar-refractivity contribution in [1.82, 2.24) is 4.72 Å². The molecule has 1 aromatic heterocycles. The molecule has 1 aliphatic rings. The molecule has 124 valence electrons. The number of thiophene rings is 1. The summed E-state index contributed by atoms with van der Waals surface area (Å²) in [5, 5.41) is 10.7. The average molecular weight is 347 g/mol. The summed E-state index contributed by atoms with van der Waals surface area (Å²) in [6.07, 6.45) is 4.19. The molecule has 0 saturated heterocycles. The van der Waals surface area contributed by atoms with Crippen LogP contribution in [0.25, 0.3) is 0 Å². The largest absolute Gasteiger partial charge is 0.477 e. The van der Waals surface area contributed by atoms with Gasteiger partial charge in [0, 0.05) is 13.7 Å². The first kappa shape index (κ1) is 17.4. The van der Waals surface area contributed by atoms with Crippen molar-refractivity contribution in [3.8, 4) is 0 Å². The van der Waals surface area contributed by atoms with E-state index in [1.165, 1.54) is 0 Å². The lowest BCUT2D eigenvalue weighted by atomic mass is 10.0. The molecule has 1 aromatic rings. The normalized spacial score (nSPS) is 17.7. The van der Waals surface area contributed by atoms with Crippen LogP contribution >= 0.6 is 11.3 Å². The maximum Gasteiger partial charge on any atom is 0.347 e. The van der Waals surface area contributed by atoms with Crippen LogP contribution in [0, 0.1) is 12.8 Å². The highest BCUT2D eigenvalue weighted by Gasteiger charge is 2.30. The van der Waals surface area contributed by atoms with Gasteiger partial charge in [-0.15, -0.1) is 11.3 Å².